The summed E-state index contributed by atoms with van der Waals surface area (Å²) < 4.78 is 2.20. The van der Waals surface area contributed by atoms with Crippen molar-refractivity contribution in [1.82, 2.24) is 4.57 Å². The summed E-state index contributed by atoms with van der Waals surface area (Å²) in [7, 11) is 0. The lowest BCUT2D eigenvalue weighted by molar-refractivity contribution is 0.800. The predicted molar refractivity (Wildman–Crippen MR) is 64.8 cm³/mol. The van der Waals surface area contributed by atoms with Gasteiger partial charge < -0.3 is 4.57 Å². The molecule has 1 heterocycles. The van der Waals surface area contributed by atoms with Gasteiger partial charge in [-0.15, -0.1) is 6.58 Å². The molecule has 0 aliphatic heterocycles. The van der Waals surface area contributed by atoms with Crippen LogP contribution in [0.5, 0.6) is 0 Å². The van der Waals surface area contributed by atoms with E-state index in [0.717, 1.165) is 6.54 Å². The highest BCUT2D eigenvalue weighted by atomic mass is 15.0. The van der Waals surface area contributed by atoms with Crippen LogP contribution in [0.2, 0.25) is 0 Å². The zero-order valence-electron chi connectivity index (χ0n) is 8.98. The van der Waals surface area contributed by atoms with Crippen molar-refractivity contribution >= 4 is 0 Å². The van der Waals surface area contributed by atoms with Crippen molar-refractivity contribution in [3.05, 3.63) is 60.9 Å². The van der Waals surface area contributed by atoms with Gasteiger partial charge in [0.15, 0.2) is 0 Å². The molecule has 0 spiro atoms. The van der Waals surface area contributed by atoms with E-state index in [-0.39, 0.29) is 0 Å². The molecule has 1 aromatic heterocycles. The van der Waals surface area contributed by atoms with Crippen LogP contribution in [-0.4, -0.2) is 4.57 Å². The maximum Gasteiger partial charge on any atom is 0.0400 e. The Kier molecular flexibility index (Phi) is 2.72. The molecular weight excluding hydrogens is 182 g/mol. The molecular formula is C14H15N. The van der Waals surface area contributed by atoms with Crippen LogP contribution in [-0.2, 0) is 6.54 Å². The van der Waals surface area contributed by atoms with E-state index in [9.17, 15) is 0 Å². The lowest BCUT2D eigenvalue weighted by atomic mass is 10.1. The topological polar surface area (TPSA) is 4.93 Å². The number of hydrogen-bond donors (Lipinski definition) is 0. The van der Waals surface area contributed by atoms with E-state index in [0.29, 0.717) is 0 Å². The maximum absolute atomic E-state index is 3.76. The van der Waals surface area contributed by atoms with Crippen LogP contribution in [0.3, 0.4) is 0 Å². The van der Waals surface area contributed by atoms with Crippen molar-refractivity contribution < 1.29 is 0 Å². The number of aromatic nitrogens is 1. The van der Waals surface area contributed by atoms with Gasteiger partial charge in [-0.25, -0.2) is 0 Å². The third-order valence-electron chi connectivity index (χ3n) is 2.65. The molecule has 0 atom stereocenters. The third-order valence-corrected chi connectivity index (χ3v) is 2.65. The van der Waals surface area contributed by atoms with Crippen LogP contribution in [0.25, 0.3) is 11.1 Å². The van der Waals surface area contributed by atoms with E-state index in [1.807, 2.05) is 12.1 Å². The highest BCUT2D eigenvalue weighted by Crippen LogP contribution is 2.23. The van der Waals surface area contributed by atoms with Crippen molar-refractivity contribution in [2.24, 2.45) is 0 Å². The molecule has 1 aromatic carbocycles. The smallest absolute Gasteiger partial charge is 0.0400 e. The molecule has 0 radical (unpaired) electrons. The Bertz CT molecular complexity index is 451. The van der Waals surface area contributed by atoms with Crippen molar-refractivity contribution in [3.63, 3.8) is 0 Å². The predicted octanol–water partition coefficient (Wildman–Crippen LogP) is 3.65. The summed E-state index contributed by atoms with van der Waals surface area (Å²) in [6.45, 7) is 6.78. The van der Waals surface area contributed by atoms with Crippen molar-refractivity contribution in [1.29, 1.82) is 0 Å². The minimum atomic E-state index is 0.874. The lowest BCUT2D eigenvalue weighted by Gasteiger charge is -2.04. The normalized spacial score (nSPS) is 10.2. The Labute approximate surface area is 90.7 Å². The zero-order chi connectivity index (χ0) is 10.7. The van der Waals surface area contributed by atoms with Crippen LogP contribution < -0.4 is 0 Å². The molecule has 1 heteroatoms. The summed E-state index contributed by atoms with van der Waals surface area (Å²) in [6, 6.07) is 12.6. The van der Waals surface area contributed by atoms with E-state index in [1.165, 1.54) is 16.8 Å². The quantitative estimate of drug-likeness (QED) is 0.662. The zero-order valence-corrected chi connectivity index (χ0v) is 8.98. The molecule has 2 rings (SSSR count). The first-order chi connectivity index (χ1) is 7.33. The number of nitrogens with zero attached hydrogens (tertiary/aromatic N) is 1. The molecule has 0 saturated carbocycles. The van der Waals surface area contributed by atoms with E-state index in [1.54, 1.807) is 0 Å². The fourth-order valence-corrected chi connectivity index (χ4v) is 1.81. The molecule has 0 unspecified atom stereocenters. The fourth-order valence-electron chi connectivity index (χ4n) is 1.81. The maximum atomic E-state index is 3.76. The van der Waals surface area contributed by atoms with Crippen LogP contribution in [0.4, 0.5) is 0 Å². The van der Waals surface area contributed by atoms with Crippen LogP contribution >= 0.6 is 0 Å². The van der Waals surface area contributed by atoms with Crippen molar-refractivity contribution in [2.45, 2.75) is 13.5 Å². The summed E-state index contributed by atoms with van der Waals surface area (Å²) in [6.07, 6.45) is 4.03. The molecule has 0 amide bonds. The first-order valence-electron chi connectivity index (χ1n) is 5.15. The van der Waals surface area contributed by atoms with Gasteiger partial charge in [0.1, 0.15) is 0 Å². The minimum absolute atomic E-state index is 0.874. The summed E-state index contributed by atoms with van der Waals surface area (Å²) in [5, 5.41) is 0. The highest BCUT2D eigenvalue weighted by Gasteiger charge is 2.04. The molecule has 0 aliphatic rings. The third kappa shape index (κ3) is 1.86. The van der Waals surface area contributed by atoms with Crippen molar-refractivity contribution in [3.8, 4) is 11.1 Å². The van der Waals surface area contributed by atoms with Gasteiger partial charge in [0.25, 0.3) is 0 Å². The molecule has 76 valence electrons. The highest BCUT2D eigenvalue weighted by molar-refractivity contribution is 5.66. The van der Waals surface area contributed by atoms with E-state index in [4.69, 9.17) is 0 Å². The Morgan fingerprint density at radius 2 is 1.93 bits per heavy atom. The molecule has 0 fully saturated rings. The van der Waals surface area contributed by atoms with Gasteiger partial charge in [-0.1, -0.05) is 36.4 Å². The second-order valence-electron chi connectivity index (χ2n) is 3.62. The van der Waals surface area contributed by atoms with Crippen LogP contribution in [0.15, 0.2) is 55.3 Å². The average molecular weight is 197 g/mol. The summed E-state index contributed by atoms with van der Waals surface area (Å²) in [4.78, 5) is 0. The molecule has 0 N–H and O–H groups in total. The first-order valence-corrected chi connectivity index (χ1v) is 5.15. The van der Waals surface area contributed by atoms with E-state index < -0.39 is 0 Å². The largest absolute Gasteiger partial charge is 0.347 e. The van der Waals surface area contributed by atoms with Gasteiger partial charge in [0, 0.05) is 24.0 Å². The SMILES string of the molecule is C=CCn1ccc(-c2ccccc2)c1C. The van der Waals surface area contributed by atoms with Crippen LogP contribution in [0, 0.1) is 6.92 Å². The lowest BCUT2D eigenvalue weighted by Crippen LogP contribution is -1.95. The Hall–Kier alpha value is -1.76. The monoisotopic (exact) mass is 197 g/mol. The summed E-state index contributed by atoms with van der Waals surface area (Å²) >= 11 is 0. The summed E-state index contributed by atoms with van der Waals surface area (Å²) in [5.74, 6) is 0. The van der Waals surface area contributed by atoms with Gasteiger partial charge in [0.05, 0.1) is 0 Å². The number of allylic oxidation sites excluding steroid dienone is 1. The molecule has 0 bridgehead atoms. The molecule has 15 heavy (non-hydrogen) atoms. The number of benzene rings is 1. The average Bonchev–Trinajstić information content (AvgIpc) is 2.63. The Morgan fingerprint density at radius 3 is 2.60 bits per heavy atom. The van der Waals surface area contributed by atoms with Gasteiger partial charge in [-0.05, 0) is 18.6 Å². The summed E-state index contributed by atoms with van der Waals surface area (Å²) in [5.41, 5.74) is 3.87. The Balaban J connectivity index is 2.42. The second-order valence-corrected chi connectivity index (χ2v) is 3.62. The minimum Gasteiger partial charge on any atom is -0.347 e. The van der Waals surface area contributed by atoms with Gasteiger partial charge in [0.2, 0.25) is 0 Å². The second kappa shape index (κ2) is 4.18. The first kappa shape index (κ1) is 9.78. The van der Waals surface area contributed by atoms with E-state index in [2.05, 4.69) is 54.6 Å². The number of hydrogen-bond acceptors (Lipinski definition) is 0. The molecule has 1 nitrogen and oxygen atoms in total. The van der Waals surface area contributed by atoms with Gasteiger partial charge in [-0.2, -0.15) is 0 Å². The molecule has 2 aromatic rings. The fraction of sp³-hybridized carbons (Fsp3) is 0.143. The van der Waals surface area contributed by atoms with E-state index >= 15 is 0 Å². The van der Waals surface area contributed by atoms with Gasteiger partial charge >= 0.3 is 0 Å². The van der Waals surface area contributed by atoms with Crippen molar-refractivity contribution in [2.75, 3.05) is 0 Å². The standard InChI is InChI=1S/C14H15N/c1-3-10-15-11-9-14(12(15)2)13-7-5-4-6-8-13/h3-9,11H,1,10H2,2H3. The number of rotatable bonds is 3. The molecule has 0 aliphatic carbocycles. The Morgan fingerprint density at radius 1 is 1.20 bits per heavy atom. The van der Waals surface area contributed by atoms with Gasteiger partial charge in [-0.3, -0.25) is 0 Å². The molecule has 0 saturated heterocycles. The van der Waals surface area contributed by atoms with Crippen LogP contribution in [0.1, 0.15) is 5.69 Å².